The first-order chi connectivity index (χ1) is 7.58. The predicted molar refractivity (Wildman–Crippen MR) is 67.0 cm³/mol. The summed E-state index contributed by atoms with van der Waals surface area (Å²) in [5, 5.41) is 8.47. The first-order valence-corrected chi connectivity index (χ1v) is 6.44. The average Bonchev–Trinajstić information content (AvgIpc) is 2.99. The molecule has 16 heavy (non-hydrogen) atoms. The molecule has 1 fully saturated rings. The molecule has 0 unspecified atom stereocenters. The third-order valence-electron chi connectivity index (χ3n) is 3.29. The first-order valence-electron chi connectivity index (χ1n) is 5.53. The molecule has 1 aromatic heterocycles. The van der Waals surface area contributed by atoms with Crippen molar-refractivity contribution in [2.75, 3.05) is 12.4 Å². The van der Waals surface area contributed by atoms with Crippen molar-refractivity contribution in [3.8, 4) is 0 Å². The van der Waals surface area contributed by atoms with Gasteiger partial charge in [0.15, 0.2) is 0 Å². The Bertz CT molecular complexity index is 383. The van der Waals surface area contributed by atoms with Crippen molar-refractivity contribution in [2.24, 2.45) is 12.5 Å². The lowest BCUT2D eigenvalue weighted by Gasteiger charge is -2.12. The van der Waals surface area contributed by atoms with Gasteiger partial charge in [0.2, 0.25) is 0 Å². The number of aromatic nitrogens is 2. The van der Waals surface area contributed by atoms with Gasteiger partial charge in [-0.3, -0.25) is 4.68 Å². The molecule has 0 radical (unpaired) electrons. The van der Waals surface area contributed by atoms with Crippen LogP contribution in [-0.4, -0.2) is 22.2 Å². The first kappa shape index (κ1) is 12.2. The number of rotatable bonds is 5. The molecule has 2 rings (SSSR count). The smallest absolute Gasteiger partial charge is 0.0860 e. The lowest BCUT2D eigenvalue weighted by atomic mass is 10.1. The molecule has 0 aromatic carbocycles. The summed E-state index contributed by atoms with van der Waals surface area (Å²) in [4.78, 5) is 0. The van der Waals surface area contributed by atoms with Gasteiger partial charge >= 0.3 is 0 Å². The molecule has 0 amide bonds. The molecule has 1 saturated carbocycles. The van der Waals surface area contributed by atoms with E-state index in [4.69, 9.17) is 23.2 Å². The van der Waals surface area contributed by atoms with Gasteiger partial charge in [-0.15, -0.1) is 11.6 Å². The van der Waals surface area contributed by atoms with Crippen molar-refractivity contribution in [3.05, 3.63) is 16.4 Å². The van der Waals surface area contributed by atoms with Gasteiger partial charge < -0.3 is 5.32 Å². The summed E-state index contributed by atoms with van der Waals surface area (Å²) in [5.41, 5.74) is 2.28. The van der Waals surface area contributed by atoms with Gasteiger partial charge in [0, 0.05) is 26.0 Å². The molecule has 90 valence electrons. The van der Waals surface area contributed by atoms with Crippen LogP contribution in [-0.2, 0) is 13.6 Å². The Morgan fingerprint density at radius 3 is 2.62 bits per heavy atom. The summed E-state index contributed by atoms with van der Waals surface area (Å²) in [6.07, 6.45) is 2.48. The topological polar surface area (TPSA) is 29.9 Å². The van der Waals surface area contributed by atoms with Gasteiger partial charge in [-0.05, 0) is 25.2 Å². The average molecular weight is 262 g/mol. The molecule has 0 saturated heterocycles. The number of hydrogen-bond acceptors (Lipinski definition) is 2. The highest BCUT2D eigenvalue weighted by atomic mass is 35.5. The maximum atomic E-state index is 6.16. The molecule has 1 N–H and O–H groups in total. The Kier molecular flexibility index (Phi) is 3.48. The summed E-state index contributed by atoms with van der Waals surface area (Å²) >= 11 is 12.1. The molecular weight excluding hydrogens is 245 g/mol. The zero-order valence-electron chi connectivity index (χ0n) is 9.69. The number of alkyl halides is 1. The number of hydrogen-bond donors (Lipinski definition) is 1. The van der Waals surface area contributed by atoms with Gasteiger partial charge in [0.05, 0.1) is 16.4 Å². The van der Waals surface area contributed by atoms with Crippen LogP contribution in [0.1, 0.15) is 24.2 Å². The van der Waals surface area contributed by atoms with Crippen LogP contribution in [0.15, 0.2) is 0 Å². The molecule has 0 bridgehead atoms. The second-order valence-electron chi connectivity index (χ2n) is 4.71. The number of nitrogens with zero attached hydrogens (tertiary/aromatic N) is 2. The minimum Gasteiger partial charge on any atom is -0.311 e. The molecule has 3 nitrogen and oxygen atoms in total. The third kappa shape index (κ3) is 2.36. The van der Waals surface area contributed by atoms with Gasteiger partial charge in [0.25, 0.3) is 0 Å². The SMILES string of the molecule is Cc1nn(C)c(CNCC2(CCl)CC2)c1Cl. The minimum atomic E-state index is 0.349. The van der Waals surface area contributed by atoms with Crippen LogP contribution in [0, 0.1) is 12.3 Å². The fourth-order valence-electron chi connectivity index (χ4n) is 1.85. The Morgan fingerprint density at radius 1 is 1.50 bits per heavy atom. The molecule has 0 aliphatic heterocycles. The van der Waals surface area contributed by atoms with Crippen LogP contribution in [0.2, 0.25) is 5.02 Å². The van der Waals surface area contributed by atoms with Crippen LogP contribution in [0.25, 0.3) is 0 Å². The quantitative estimate of drug-likeness (QED) is 0.826. The molecule has 5 heteroatoms. The van der Waals surface area contributed by atoms with Crippen LogP contribution in [0.4, 0.5) is 0 Å². The van der Waals surface area contributed by atoms with Crippen molar-refractivity contribution < 1.29 is 0 Å². The molecule has 0 spiro atoms. The van der Waals surface area contributed by atoms with E-state index in [2.05, 4.69) is 10.4 Å². The Labute approximate surface area is 106 Å². The zero-order valence-corrected chi connectivity index (χ0v) is 11.2. The van der Waals surface area contributed by atoms with Crippen LogP contribution < -0.4 is 5.32 Å². The van der Waals surface area contributed by atoms with E-state index in [9.17, 15) is 0 Å². The molecule has 1 heterocycles. The lowest BCUT2D eigenvalue weighted by Crippen LogP contribution is -2.25. The molecule has 1 aliphatic carbocycles. The van der Waals surface area contributed by atoms with E-state index in [0.29, 0.717) is 5.41 Å². The Balaban J connectivity index is 1.90. The summed E-state index contributed by atoms with van der Waals surface area (Å²) in [7, 11) is 1.92. The van der Waals surface area contributed by atoms with Gasteiger partial charge in [-0.1, -0.05) is 11.6 Å². The van der Waals surface area contributed by atoms with E-state index in [1.165, 1.54) is 12.8 Å². The van der Waals surface area contributed by atoms with Crippen molar-refractivity contribution >= 4 is 23.2 Å². The second-order valence-corrected chi connectivity index (χ2v) is 5.35. The Morgan fingerprint density at radius 2 is 2.19 bits per heavy atom. The van der Waals surface area contributed by atoms with Crippen molar-refractivity contribution in [3.63, 3.8) is 0 Å². The molecule has 1 aliphatic rings. The van der Waals surface area contributed by atoms with Crippen LogP contribution >= 0.6 is 23.2 Å². The van der Waals surface area contributed by atoms with E-state index in [-0.39, 0.29) is 0 Å². The highest BCUT2D eigenvalue weighted by Crippen LogP contribution is 2.45. The molecule has 0 atom stereocenters. The summed E-state index contributed by atoms with van der Waals surface area (Å²) in [6.45, 7) is 3.65. The maximum Gasteiger partial charge on any atom is 0.0860 e. The lowest BCUT2D eigenvalue weighted by molar-refractivity contribution is 0.495. The van der Waals surface area contributed by atoms with Gasteiger partial charge in [-0.25, -0.2) is 0 Å². The highest BCUT2D eigenvalue weighted by Gasteiger charge is 2.41. The fourth-order valence-corrected chi connectivity index (χ4v) is 2.44. The highest BCUT2D eigenvalue weighted by molar-refractivity contribution is 6.31. The molecule has 1 aromatic rings. The standard InChI is InChI=1S/C11H17Cl2N3/c1-8-10(13)9(16(2)15-8)5-14-7-11(6-12)3-4-11/h14H,3-7H2,1-2H3. The fraction of sp³-hybridized carbons (Fsp3) is 0.727. The second kappa shape index (κ2) is 4.55. The van der Waals surface area contributed by atoms with E-state index in [0.717, 1.165) is 35.4 Å². The van der Waals surface area contributed by atoms with E-state index in [1.54, 1.807) is 0 Å². The van der Waals surface area contributed by atoms with Crippen molar-refractivity contribution in [1.29, 1.82) is 0 Å². The van der Waals surface area contributed by atoms with E-state index in [1.807, 2.05) is 18.7 Å². The summed E-state index contributed by atoms with van der Waals surface area (Å²) < 4.78 is 1.84. The monoisotopic (exact) mass is 261 g/mol. The van der Waals surface area contributed by atoms with Crippen LogP contribution in [0.5, 0.6) is 0 Å². The van der Waals surface area contributed by atoms with E-state index < -0.39 is 0 Å². The van der Waals surface area contributed by atoms with Crippen LogP contribution in [0.3, 0.4) is 0 Å². The third-order valence-corrected chi connectivity index (χ3v) is 4.35. The van der Waals surface area contributed by atoms with Crippen molar-refractivity contribution in [2.45, 2.75) is 26.3 Å². The predicted octanol–water partition coefficient (Wildman–Crippen LogP) is 2.49. The number of nitrogens with one attached hydrogen (secondary N) is 1. The summed E-state index contributed by atoms with van der Waals surface area (Å²) in [6, 6.07) is 0. The zero-order chi connectivity index (χ0) is 11.8. The van der Waals surface area contributed by atoms with Crippen molar-refractivity contribution in [1.82, 2.24) is 15.1 Å². The van der Waals surface area contributed by atoms with Gasteiger partial charge in [-0.2, -0.15) is 5.10 Å². The normalized spacial score (nSPS) is 17.8. The maximum absolute atomic E-state index is 6.16. The summed E-state index contributed by atoms with van der Waals surface area (Å²) in [5.74, 6) is 0.748. The number of aryl methyl sites for hydroxylation is 2. The minimum absolute atomic E-state index is 0.349. The number of halogens is 2. The largest absolute Gasteiger partial charge is 0.311 e. The van der Waals surface area contributed by atoms with Gasteiger partial charge in [0.1, 0.15) is 0 Å². The van der Waals surface area contributed by atoms with E-state index >= 15 is 0 Å². The Hall–Kier alpha value is -0.250. The molecular formula is C11H17Cl2N3.